The van der Waals surface area contributed by atoms with E-state index >= 15 is 0 Å². The summed E-state index contributed by atoms with van der Waals surface area (Å²) in [5, 5.41) is 2.63. The van der Waals surface area contributed by atoms with Gasteiger partial charge in [-0.3, -0.25) is 9.59 Å². The smallest absolute Gasteiger partial charge is 0.416 e. The summed E-state index contributed by atoms with van der Waals surface area (Å²) >= 11 is 0. The third kappa shape index (κ3) is 5.51. The van der Waals surface area contributed by atoms with Crippen LogP contribution in [0.1, 0.15) is 23.1 Å². The zero-order valence-electron chi connectivity index (χ0n) is 16.7. The quantitative estimate of drug-likeness (QED) is 0.657. The number of halogens is 6. The number of nitrogens with zero attached hydrogens (tertiary/aromatic N) is 1. The van der Waals surface area contributed by atoms with Crippen LogP contribution >= 0.6 is 0 Å². The average molecular weight is 460 g/mol. The van der Waals surface area contributed by atoms with Crippen LogP contribution in [0.15, 0.2) is 42.5 Å². The summed E-state index contributed by atoms with van der Waals surface area (Å²) in [7, 11) is 1.45. The molecular formula is C21H18F6N2O3. The van der Waals surface area contributed by atoms with Gasteiger partial charge in [0.1, 0.15) is 5.75 Å². The summed E-state index contributed by atoms with van der Waals surface area (Å²) in [5.41, 5.74) is -2.81. The molecular weight excluding hydrogens is 442 g/mol. The molecule has 0 aromatic heterocycles. The standard InChI is InChI=1S/C21H18F6N2O3/c1-32-17-4-2-3-16(9-17)28-19(31)13-7-18(30)29(11-13)10-12-5-14(20(22,23)24)8-15(6-12)21(25,26)27/h2-6,8-9,13H,7,10-11H2,1H3,(H,28,31). The fourth-order valence-corrected chi connectivity index (χ4v) is 3.38. The third-order valence-corrected chi connectivity index (χ3v) is 4.94. The van der Waals surface area contributed by atoms with Crippen LogP contribution in [0.25, 0.3) is 0 Å². The number of carbonyl (C=O) groups excluding carboxylic acids is 2. The highest BCUT2D eigenvalue weighted by atomic mass is 19.4. The first-order chi connectivity index (χ1) is 14.9. The van der Waals surface area contributed by atoms with Crippen LogP contribution in [0.5, 0.6) is 5.75 Å². The Kier molecular flexibility index (Phi) is 6.38. The van der Waals surface area contributed by atoms with E-state index in [0.717, 1.165) is 4.90 Å². The molecule has 0 aliphatic carbocycles. The molecule has 0 spiro atoms. The highest BCUT2D eigenvalue weighted by molar-refractivity contribution is 5.97. The molecule has 172 valence electrons. The first kappa shape index (κ1) is 23.4. The molecule has 5 nitrogen and oxygen atoms in total. The van der Waals surface area contributed by atoms with Crippen LogP contribution in [-0.4, -0.2) is 30.4 Å². The molecule has 1 unspecified atom stereocenters. The van der Waals surface area contributed by atoms with Gasteiger partial charge < -0.3 is 15.0 Å². The lowest BCUT2D eigenvalue weighted by molar-refractivity contribution is -0.143. The fourth-order valence-electron chi connectivity index (χ4n) is 3.38. The normalized spacial score (nSPS) is 16.9. The Balaban J connectivity index is 1.74. The molecule has 1 N–H and O–H groups in total. The number of hydrogen-bond donors (Lipinski definition) is 1. The number of nitrogens with one attached hydrogen (secondary N) is 1. The summed E-state index contributed by atoms with van der Waals surface area (Å²) in [6.45, 7) is -0.610. The molecule has 32 heavy (non-hydrogen) atoms. The largest absolute Gasteiger partial charge is 0.497 e. The van der Waals surface area contributed by atoms with E-state index in [1.54, 1.807) is 24.3 Å². The molecule has 1 aliphatic rings. The van der Waals surface area contributed by atoms with Gasteiger partial charge in [0.25, 0.3) is 0 Å². The van der Waals surface area contributed by atoms with Gasteiger partial charge in [-0.05, 0) is 35.9 Å². The zero-order chi connectivity index (χ0) is 23.7. The average Bonchev–Trinajstić information content (AvgIpc) is 3.07. The lowest BCUT2D eigenvalue weighted by Crippen LogP contribution is -2.28. The van der Waals surface area contributed by atoms with Crippen molar-refractivity contribution in [1.29, 1.82) is 0 Å². The number of rotatable bonds is 5. The van der Waals surface area contributed by atoms with Crippen molar-refractivity contribution in [3.05, 3.63) is 59.2 Å². The van der Waals surface area contributed by atoms with E-state index in [-0.39, 0.29) is 24.6 Å². The van der Waals surface area contributed by atoms with Crippen LogP contribution in [0.3, 0.4) is 0 Å². The number of benzene rings is 2. The molecule has 1 aliphatic heterocycles. The van der Waals surface area contributed by atoms with E-state index < -0.39 is 47.8 Å². The summed E-state index contributed by atoms with van der Waals surface area (Å²) in [6, 6.07) is 7.66. The monoisotopic (exact) mass is 460 g/mol. The number of anilines is 1. The molecule has 1 atom stereocenters. The molecule has 1 saturated heterocycles. The van der Waals surface area contributed by atoms with Gasteiger partial charge in [-0.15, -0.1) is 0 Å². The zero-order valence-corrected chi connectivity index (χ0v) is 16.7. The molecule has 2 aromatic rings. The van der Waals surface area contributed by atoms with Crippen molar-refractivity contribution >= 4 is 17.5 Å². The molecule has 0 bridgehead atoms. The fraction of sp³-hybridized carbons (Fsp3) is 0.333. The van der Waals surface area contributed by atoms with Crippen LogP contribution in [0, 0.1) is 5.92 Å². The molecule has 3 rings (SSSR count). The van der Waals surface area contributed by atoms with Gasteiger partial charge in [-0.1, -0.05) is 6.07 Å². The maximum Gasteiger partial charge on any atom is 0.416 e. The van der Waals surface area contributed by atoms with Crippen LogP contribution in [0.2, 0.25) is 0 Å². The second kappa shape index (κ2) is 8.71. The van der Waals surface area contributed by atoms with Crippen molar-refractivity contribution in [2.24, 2.45) is 5.92 Å². The number of ether oxygens (including phenoxy) is 1. The summed E-state index contributed by atoms with van der Waals surface area (Å²) in [4.78, 5) is 25.9. The van der Waals surface area contributed by atoms with Gasteiger partial charge >= 0.3 is 12.4 Å². The van der Waals surface area contributed by atoms with Gasteiger partial charge in [0.15, 0.2) is 0 Å². The molecule has 2 aromatic carbocycles. The third-order valence-electron chi connectivity index (χ3n) is 4.94. The molecule has 1 fully saturated rings. The van der Waals surface area contributed by atoms with E-state index in [1.807, 2.05) is 0 Å². The van der Waals surface area contributed by atoms with Crippen molar-refractivity contribution in [3.63, 3.8) is 0 Å². The summed E-state index contributed by atoms with van der Waals surface area (Å²) in [5.74, 6) is -1.34. The van der Waals surface area contributed by atoms with Crippen LogP contribution < -0.4 is 10.1 Å². The predicted molar refractivity (Wildman–Crippen MR) is 102 cm³/mol. The Hall–Kier alpha value is -3.24. The Labute approximate surface area is 179 Å². The topological polar surface area (TPSA) is 58.6 Å². The van der Waals surface area contributed by atoms with Crippen LogP contribution in [-0.2, 0) is 28.5 Å². The van der Waals surface area contributed by atoms with Crippen molar-refractivity contribution in [3.8, 4) is 5.75 Å². The second-order valence-electron chi connectivity index (χ2n) is 7.31. The number of alkyl halides is 6. The number of amides is 2. The van der Waals surface area contributed by atoms with E-state index in [2.05, 4.69) is 5.32 Å². The van der Waals surface area contributed by atoms with E-state index in [1.165, 1.54) is 7.11 Å². The number of likely N-dealkylation sites (tertiary alicyclic amines) is 1. The van der Waals surface area contributed by atoms with E-state index in [4.69, 9.17) is 4.74 Å². The maximum atomic E-state index is 13.0. The summed E-state index contributed by atoms with van der Waals surface area (Å²) in [6.07, 6.45) is -10.2. The highest BCUT2D eigenvalue weighted by Gasteiger charge is 2.38. The molecule has 1 heterocycles. The molecule has 0 saturated carbocycles. The Morgan fingerprint density at radius 3 is 2.25 bits per heavy atom. The highest BCUT2D eigenvalue weighted by Crippen LogP contribution is 2.37. The first-order valence-corrected chi connectivity index (χ1v) is 9.38. The van der Waals surface area contributed by atoms with E-state index in [0.29, 0.717) is 23.6 Å². The lowest BCUT2D eigenvalue weighted by Gasteiger charge is -2.19. The predicted octanol–water partition coefficient (Wildman–Crippen LogP) is 4.72. The maximum absolute atomic E-state index is 13.0. The Morgan fingerprint density at radius 1 is 1.06 bits per heavy atom. The van der Waals surface area contributed by atoms with Crippen molar-refractivity contribution in [2.45, 2.75) is 25.3 Å². The molecule has 11 heteroatoms. The molecule has 2 amide bonds. The Morgan fingerprint density at radius 2 is 1.69 bits per heavy atom. The van der Waals surface area contributed by atoms with E-state index in [9.17, 15) is 35.9 Å². The number of methoxy groups -OCH3 is 1. The van der Waals surface area contributed by atoms with Crippen LogP contribution in [0.4, 0.5) is 32.0 Å². The number of hydrogen-bond acceptors (Lipinski definition) is 3. The minimum Gasteiger partial charge on any atom is -0.497 e. The summed E-state index contributed by atoms with van der Waals surface area (Å²) < 4.78 is 83.3. The minimum atomic E-state index is -4.98. The Bertz CT molecular complexity index is 987. The van der Waals surface area contributed by atoms with Crippen molar-refractivity contribution in [1.82, 2.24) is 4.90 Å². The van der Waals surface area contributed by atoms with Crippen molar-refractivity contribution < 1.29 is 40.7 Å². The lowest BCUT2D eigenvalue weighted by atomic mass is 10.0. The first-order valence-electron chi connectivity index (χ1n) is 9.38. The van der Waals surface area contributed by atoms with Crippen molar-refractivity contribution in [2.75, 3.05) is 19.0 Å². The van der Waals surface area contributed by atoms with Gasteiger partial charge in [0.2, 0.25) is 11.8 Å². The van der Waals surface area contributed by atoms with Gasteiger partial charge in [0.05, 0.1) is 24.2 Å². The van der Waals surface area contributed by atoms with Gasteiger partial charge in [-0.2, -0.15) is 26.3 Å². The second-order valence-corrected chi connectivity index (χ2v) is 7.31. The van der Waals surface area contributed by atoms with Gasteiger partial charge in [0, 0.05) is 31.3 Å². The number of carbonyl (C=O) groups is 2. The minimum absolute atomic E-state index is 0.0275. The molecule has 0 radical (unpaired) electrons. The SMILES string of the molecule is COc1cccc(NC(=O)C2CC(=O)N(Cc3cc(C(F)(F)F)cc(C(F)(F)F)c3)C2)c1. The van der Waals surface area contributed by atoms with Gasteiger partial charge in [-0.25, -0.2) is 0 Å².